The summed E-state index contributed by atoms with van der Waals surface area (Å²) >= 11 is 5.78. The van der Waals surface area contributed by atoms with Crippen molar-refractivity contribution in [3.8, 4) is 5.75 Å². The van der Waals surface area contributed by atoms with Crippen molar-refractivity contribution >= 4 is 17.6 Å². The van der Waals surface area contributed by atoms with Crippen LogP contribution in [0.1, 0.15) is 37.7 Å². The lowest BCUT2D eigenvalue weighted by atomic mass is 9.69. The van der Waals surface area contributed by atoms with Gasteiger partial charge >= 0.3 is 5.97 Å². The minimum absolute atomic E-state index is 0.109. The van der Waals surface area contributed by atoms with Gasteiger partial charge in [-0.3, -0.25) is 4.79 Å². The molecule has 1 saturated carbocycles. The zero-order chi connectivity index (χ0) is 14.0. The third-order valence-corrected chi connectivity index (χ3v) is 4.25. The van der Waals surface area contributed by atoms with Crippen molar-refractivity contribution in [1.29, 1.82) is 0 Å². The summed E-state index contributed by atoms with van der Waals surface area (Å²) in [6, 6.07) is 2.77. The maximum Gasteiger partial charge on any atom is 0.314 e. The number of aliphatic carboxylic acids is 1. The Morgan fingerprint density at radius 1 is 1.37 bits per heavy atom. The van der Waals surface area contributed by atoms with Crippen molar-refractivity contribution in [2.75, 3.05) is 7.11 Å². The Balaban J connectivity index is 2.54. The second kappa shape index (κ2) is 5.37. The molecule has 0 aromatic heterocycles. The lowest BCUT2D eigenvalue weighted by Crippen LogP contribution is -2.38. The van der Waals surface area contributed by atoms with Crippen molar-refractivity contribution in [2.24, 2.45) is 0 Å². The molecule has 0 radical (unpaired) electrons. The monoisotopic (exact) mass is 286 g/mol. The number of carboxylic acid groups (broad SMARTS) is 1. The average Bonchev–Trinajstić information content (AvgIpc) is 2.42. The van der Waals surface area contributed by atoms with Crippen molar-refractivity contribution in [2.45, 2.75) is 37.5 Å². The fourth-order valence-electron chi connectivity index (χ4n) is 2.77. The summed E-state index contributed by atoms with van der Waals surface area (Å²) in [6.45, 7) is 0. The van der Waals surface area contributed by atoms with Gasteiger partial charge in [0.15, 0.2) is 0 Å². The highest BCUT2D eigenvalue weighted by Gasteiger charge is 2.42. The number of hydrogen-bond donors (Lipinski definition) is 1. The highest BCUT2D eigenvalue weighted by atomic mass is 35.5. The minimum Gasteiger partial charge on any atom is -0.495 e. The van der Waals surface area contributed by atoms with Crippen LogP contribution in [0.2, 0.25) is 5.02 Å². The number of ether oxygens (including phenoxy) is 1. The molecule has 104 valence electrons. The number of methoxy groups -OCH3 is 1. The van der Waals surface area contributed by atoms with E-state index in [4.69, 9.17) is 16.3 Å². The van der Waals surface area contributed by atoms with Crippen LogP contribution in [0, 0.1) is 5.82 Å². The highest BCUT2D eigenvalue weighted by molar-refractivity contribution is 6.32. The van der Waals surface area contributed by atoms with Gasteiger partial charge in [-0.15, -0.1) is 0 Å². The van der Waals surface area contributed by atoms with E-state index in [0.29, 0.717) is 18.4 Å². The second-order valence-electron chi connectivity index (χ2n) is 4.92. The molecule has 5 heteroatoms. The van der Waals surface area contributed by atoms with E-state index in [1.54, 1.807) is 6.07 Å². The van der Waals surface area contributed by atoms with Gasteiger partial charge in [0, 0.05) is 0 Å². The van der Waals surface area contributed by atoms with E-state index >= 15 is 0 Å². The summed E-state index contributed by atoms with van der Waals surface area (Å²) in [4.78, 5) is 11.7. The van der Waals surface area contributed by atoms with E-state index in [0.717, 1.165) is 19.3 Å². The van der Waals surface area contributed by atoms with Gasteiger partial charge < -0.3 is 9.84 Å². The normalized spacial score (nSPS) is 18.1. The number of carbonyl (C=O) groups is 1. The number of halogens is 2. The van der Waals surface area contributed by atoms with E-state index < -0.39 is 17.2 Å². The van der Waals surface area contributed by atoms with Gasteiger partial charge in [0.1, 0.15) is 16.6 Å². The minimum atomic E-state index is -1.02. The van der Waals surface area contributed by atoms with Crippen molar-refractivity contribution in [3.63, 3.8) is 0 Å². The molecule has 19 heavy (non-hydrogen) atoms. The molecule has 1 N–H and O–H groups in total. The van der Waals surface area contributed by atoms with Gasteiger partial charge in [-0.25, -0.2) is 4.39 Å². The molecule has 0 atom stereocenters. The summed E-state index contributed by atoms with van der Waals surface area (Å²) in [5.41, 5.74) is -0.574. The zero-order valence-corrected chi connectivity index (χ0v) is 11.5. The van der Waals surface area contributed by atoms with Crippen LogP contribution >= 0.6 is 11.6 Å². The van der Waals surface area contributed by atoms with Gasteiger partial charge in [0.25, 0.3) is 0 Å². The van der Waals surface area contributed by atoms with E-state index in [-0.39, 0.29) is 10.8 Å². The Bertz CT molecular complexity index is 496. The van der Waals surface area contributed by atoms with Crippen molar-refractivity contribution < 1.29 is 19.0 Å². The van der Waals surface area contributed by atoms with E-state index in [1.807, 2.05) is 0 Å². The van der Waals surface area contributed by atoms with Gasteiger partial charge in [-0.1, -0.05) is 30.9 Å². The van der Waals surface area contributed by atoms with Gasteiger partial charge in [0.2, 0.25) is 0 Å². The first-order valence-electron chi connectivity index (χ1n) is 6.28. The maximum atomic E-state index is 13.8. The molecule has 1 aliphatic rings. The van der Waals surface area contributed by atoms with Crippen LogP contribution in [-0.4, -0.2) is 18.2 Å². The Labute approximate surface area is 116 Å². The summed E-state index contributed by atoms with van der Waals surface area (Å²) in [5.74, 6) is -1.36. The molecule has 1 aliphatic carbocycles. The molecule has 1 aromatic rings. The summed E-state index contributed by atoms with van der Waals surface area (Å²) in [6.07, 6.45) is 3.72. The van der Waals surface area contributed by atoms with E-state index in [9.17, 15) is 14.3 Å². The van der Waals surface area contributed by atoms with Gasteiger partial charge in [0.05, 0.1) is 12.5 Å². The van der Waals surface area contributed by atoms with Crippen molar-refractivity contribution in [3.05, 3.63) is 28.5 Å². The first-order valence-corrected chi connectivity index (χ1v) is 6.66. The van der Waals surface area contributed by atoms with Gasteiger partial charge in [-0.2, -0.15) is 0 Å². The molecular weight excluding hydrogens is 271 g/mol. The first kappa shape index (κ1) is 14.1. The average molecular weight is 287 g/mol. The third-order valence-electron chi connectivity index (χ3n) is 3.88. The maximum absolute atomic E-state index is 13.8. The second-order valence-corrected chi connectivity index (χ2v) is 5.30. The molecule has 0 unspecified atom stereocenters. The topological polar surface area (TPSA) is 46.5 Å². The number of hydrogen-bond acceptors (Lipinski definition) is 2. The smallest absolute Gasteiger partial charge is 0.314 e. The van der Waals surface area contributed by atoms with Gasteiger partial charge in [-0.05, 0) is 30.5 Å². The molecule has 0 amide bonds. The lowest BCUT2D eigenvalue weighted by Gasteiger charge is -2.34. The van der Waals surface area contributed by atoms with Crippen LogP contribution in [0.15, 0.2) is 12.1 Å². The molecular formula is C14H16ClFO3. The SMILES string of the molecule is COc1cc(C2(C(=O)O)CCCCC2)cc(F)c1Cl. The molecule has 0 aliphatic heterocycles. The molecule has 0 saturated heterocycles. The highest BCUT2D eigenvalue weighted by Crippen LogP contribution is 2.42. The molecule has 1 fully saturated rings. The molecule has 0 heterocycles. The summed E-state index contributed by atoms with van der Waals surface area (Å²) in [5, 5.41) is 9.46. The van der Waals surface area contributed by atoms with Crippen LogP contribution in [0.5, 0.6) is 5.75 Å². The largest absolute Gasteiger partial charge is 0.495 e. The molecule has 0 bridgehead atoms. The van der Waals surface area contributed by atoms with Crippen LogP contribution in [0.3, 0.4) is 0 Å². The molecule has 2 rings (SSSR count). The molecule has 0 spiro atoms. The Hall–Kier alpha value is -1.29. The van der Waals surface area contributed by atoms with Crippen LogP contribution in [0.25, 0.3) is 0 Å². The predicted molar refractivity (Wildman–Crippen MR) is 70.4 cm³/mol. The number of rotatable bonds is 3. The van der Waals surface area contributed by atoms with Crippen LogP contribution in [0.4, 0.5) is 4.39 Å². The quantitative estimate of drug-likeness (QED) is 0.920. The van der Waals surface area contributed by atoms with E-state index in [2.05, 4.69) is 0 Å². The predicted octanol–water partition coefficient (Wildman–Crippen LogP) is 3.77. The standard InChI is InChI=1S/C14H16ClFO3/c1-19-11-8-9(7-10(16)12(11)15)14(13(17)18)5-3-2-4-6-14/h7-8H,2-6H2,1H3,(H,17,18). The summed E-state index contributed by atoms with van der Waals surface area (Å²) < 4.78 is 18.8. The third kappa shape index (κ3) is 2.41. The van der Waals surface area contributed by atoms with E-state index in [1.165, 1.54) is 13.2 Å². The number of carboxylic acids is 1. The number of benzene rings is 1. The Morgan fingerprint density at radius 3 is 2.53 bits per heavy atom. The fraction of sp³-hybridized carbons (Fsp3) is 0.500. The fourth-order valence-corrected chi connectivity index (χ4v) is 2.96. The molecule has 1 aromatic carbocycles. The zero-order valence-electron chi connectivity index (χ0n) is 10.7. The first-order chi connectivity index (χ1) is 9.01. The van der Waals surface area contributed by atoms with Crippen LogP contribution < -0.4 is 4.74 Å². The lowest BCUT2D eigenvalue weighted by molar-refractivity contribution is -0.145. The van der Waals surface area contributed by atoms with Crippen LogP contribution in [-0.2, 0) is 10.2 Å². The summed E-state index contributed by atoms with van der Waals surface area (Å²) in [7, 11) is 1.39. The molecule has 3 nitrogen and oxygen atoms in total. The van der Waals surface area contributed by atoms with Crippen molar-refractivity contribution in [1.82, 2.24) is 0 Å². The Kier molecular flexibility index (Phi) is 3.99. The Morgan fingerprint density at radius 2 is 2.00 bits per heavy atom.